The minimum Gasteiger partial charge on any atom is -0.384 e. The maximum Gasteiger partial charge on any atom is 0.104 e. The maximum absolute atomic E-state index is 8.44. The third-order valence-corrected chi connectivity index (χ3v) is 2.61. The van der Waals surface area contributed by atoms with E-state index in [4.69, 9.17) is 5.11 Å². The molecular formula is C14H26O. The van der Waals surface area contributed by atoms with Gasteiger partial charge in [0.25, 0.3) is 0 Å². The Labute approximate surface area is 95.3 Å². The molecule has 0 saturated heterocycles. The highest BCUT2D eigenvalue weighted by Gasteiger charge is 1.90. The molecule has 0 aliphatic carbocycles. The molecule has 1 heteroatoms. The first-order valence-electron chi connectivity index (χ1n) is 6.48. The van der Waals surface area contributed by atoms with Crippen molar-refractivity contribution in [2.45, 2.75) is 71.1 Å². The molecule has 1 N–H and O–H groups in total. The van der Waals surface area contributed by atoms with Gasteiger partial charge < -0.3 is 5.11 Å². The Hall–Kier alpha value is -0.480. The quantitative estimate of drug-likeness (QED) is 0.452. The molecule has 0 amide bonds. The van der Waals surface area contributed by atoms with Crippen LogP contribution >= 0.6 is 0 Å². The topological polar surface area (TPSA) is 20.2 Å². The average molecular weight is 210 g/mol. The van der Waals surface area contributed by atoms with Crippen LogP contribution in [0.2, 0.25) is 0 Å². The molecule has 0 bridgehead atoms. The normalized spacial score (nSPS) is 9.73. The van der Waals surface area contributed by atoms with Gasteiger partial charge in [0.2, 0.25) is 0 Å². The summed E-state index contributed by atoms with van der Waals surface area (Å²) in [6.45, 7) is 2.27. The molecule has 0 aromatic heterocycles. The molecule has 0 saturated carbocycles. The van der Waals surface area contributed by atoms with Crippen molar-refractivity contribution >= 4 is 0 Å². The van der Waals surface area contributed by atoms with Crippen LogP contribution in [0.1, 0.15) is 71.1 Å². The fourth-order valence-corrected chi connectivity index (χ4v) is 1.67. The summed E-state index contributed by atoms with van der Waals surface area (Å²) < 4.78 is 0. The molecule has 0 rings (SSSR count). The van der Waals surface area contributed by atoms with Crippen molar-refractivity contribution < 1.29 is 5.11 Å². The predicted octanol–water partition coefficient (Wildman–Crippen LogP) is 3.90. The highest BCUT2D eigenvalue weighted by Crippen LogP contribution is 2.09. The highest BCUT2D eigenvalue weighted by molar-refractivity contribution is 4.98. The lowest BCUT2D eigenvalue weighted by Crippen LogP contribution is -1.81. The Kier molecular flexibility index (Phi) is 13.1. The summed E-state index contributed by atoms with van der Waals surface area (Å²) in [5.74, 6) is 5.63. The predicted molar refractivity (Wildman–Crippen MR) is 66.7 cm³/mol. The van der Waals surface area contributed by atoms with Gasteiger partial charge in [0.15, 0.2) is 0 Å². The van der Waals surface area contributed by atoms with Crippen molar-refractivity contribution in [3.05, 3.63) is 0 Å². The van der Waals surface area contributed by atoms with Crippen LogP contribution in [0.15, 0.2) is 0 Å². The third-order valence-electron chi connectivity index (χ3n) is 2.61. The third kappa shape index (κ3) is 13.5. The molecule has 0 heterocycles. The van der Waals surface area contributed by atoms with E-state index in [-0.39, 0.29) is 6.61 Å². The summed E-state index contributed by atoms with van der Waals surface area (Å²) in [5, 5.41) is 8.44. The molecular weight excluding hydrogens is 184 g/mol. The molecule has 0 unspecified atom stereocenters. The standard InChI is InChI=1S/C14H26O/c1-2-3-4-5-6-7-8-9-10-11-12-13-14-15/h15H,2-11,14H2,1H3. The number of unbranched alkanes of at least 4 members (excludes halogenated alkanes) is 9. The van der Waals surface area contributed by atoms with E-state index in [9.17, 15) is 0 Å². The van der Waals surface area contributed by atoms with Crippen LogP contribution in [0.4, 0.5) is 0 Å². The zero-order valence-electron chi connectivity index (χ0n) is 10.2. The lowest BCUT2D eigenvalue weighted by molar-refractivity contribution is 0.350. The molecule has 0 atom stereocenters. The molecule has 0 spiro atoms. The molecule has 15 heavy (non-hydrogen) atoms. The van der Waals surface area contributed by atoms with Gasteiger partial charge in [-0.3, -0.25) is 0 Å². The summed E-state index contributed by atoms with van der Waals surface area (Å²) in [4.78, 5) is 0. The monoisotopic (exact) mass is 210 g/mol. The van der Waals surface area contributed by atoms with E-state index < -0.39 is 0 Å². The van der Waals surface area contributed by atoms with E-state index in [2.05, 4.69) is 18.8 Å². The van der Waals surface area contributed by atoms with Gasteiger partial charge in [-0.25, -0.2) is 0 Å². The van der Waals surface area contributed by atoms with Crippen molar-refractivity contribution in [3.63, 3.8) is 0 Å². The van der Waals surface area contributed by atoms with Crippen LogP contribution in [0.25, 0.3) is 0 Å². The number of rotatable bonds is 9. The van der Waals surface area contributed by atoms with Crippen LogP contribution < -0.4 is 0 Å². The largest absolute Gasteiger partial charge is 0.384 e. The molecule has 0 fully saturated rings. The van der Waals surface area contributed by atoms with Gasteiger partial charge >= 0.3 is 0 Å². The molecule has 0 aromatic carbocycles. The second-order valence-corrected chi connectivity index (χ2v) is 4.09. The van der Waals surface area contributed by atoms with Crippen molar-refractivity contribution in [1.82, 2.24) is 0 Å². The minimum absolute atomic E-state index is 0.0113. The van der Waals surface area contributed by atoms with E-state index in [0.717, 1.165) is 6.42 Å². The van der Waals surface area contributed by atoms with Crippen LogP contribution in [0.3, 0.4) is 0 Å². The average Bonchev–Trinajstić information content (AvgIpc) is 2.26. The van der Waals surface area contributed by atoms with Gasteiger partial charge in [-0.2, -0.15) is 0 Å². The first kappa shape index (κ1) is 14.5. The summed E-state index contributed by atoms with van der Waals surface area (Å²) in [7, 11) is 0. The fraction of sp³-hybridized carbons (Fsp3) is 0.857. The van der Waals surface area contributed by atoms with Crippen LogP contribution in [-0.4, -0.2) is 11.7 Å². The lowest BCUT2D eigenvalue weighted by atomic mass is 10.1. The number of aliphatic hydroxyl groups is 1. The van der Waals surface area contributed by atoms with Gasteiger partial charge in [-0.1, -0.05) is 64.2 Å². The molecule has 0 aliphatic rings. The van der Waals surface area contributed by atoms with Crippen molar-refractivity contribution in [2.24, 2.45) is 0 Å². The first-order chi connectivity index (χ1) is 7.41. The maximum atomic E-state index is 8.44. The van der Waals surface area contributed by atoms with Gasteiger partial charge in [-0.05, 0) is 6.42 Å². The molecule has 88 valence electrons. The second-order valence-electron chi connectivity index (χ2n) is 4.09. The Morgan fingerprint density at radius 3 is 1.80 bits per heavy atom. The van der Waals surface area contributed by atoms with Crippen molar-refractivity contribution in [2.75, 3.05) is 6.61 Å². The van der Waals surface area contributed by atoms with Gasteiger partial charge in [0.1, 0.15) is 6.61 Å². The SMILES string of the molecule is CCCCCCCCCCCC#CCO. The van der Waals surface area contributed by atoms with Crippen LogP contribution in [0, 0.1) is 11.8 Å². The van der Waals surface area contributed by atoms with Gasteiger partial charge in [0, 0.05) is 6.42 Å². The van der Waals surface area contributed by atoms with E-state index in [1.54, 1.807) is 0 Å². The Morgan fingerprint density at radius 1 is 0.733 bits per heavy atom. The van der Waals surface area contributed by atoms with Crippen LogP contribution in [0.5, 0.6) is 0 Å². The molecule has 0 aliphatic heterocycles. The van der Waals surface area contributed by atoms with E-state index >= 15 is 0 Å². The fourth-order valence-electron chi connectivity index (χ4n) is 1.67. The number of aliphatic hydroxyl groups excluding tert-OH is 1. The summed E-state index contributed by atoms with van der Waals surface area (Å²) in [6, 6.07) is 0. The number of hydrogen-bond acceptors (Lipinski definition) is 1. The van der Waals surface area contributed by atoms with Crippen molar-refractivity contribution in [1.29, 1.82) is 0 Å². The zero-order valence-corrected chi connectivity index (χ0v) is 10.2. The molecule has 1 nitrogen and oxygen atoms in total. The van der Waals surface area contributed by atoms with E-state index in [0.29, 0.717) is 0 Å². The van der Waals surface area contributed by atoms with Crippen molar-refractivity contribution in [3.8, 4) is 11.8 Å². The summed E-state index contributed by atoms with van der Waals surface area (Å²) in [5.41, 5.74) is 0. The smallest absolute Gasteiger partial charge is 0.104 e. The molecule has 0 radical (unpaired) electrons. The van der Waals surface area contributed by atoms with Gasteiger partial charge in [0.05, 0.1) is 0 Å². The van der Waals surface area contributed by atoms with E-state index in [1.807, 2.05) is 0 Å². The lowest BCUT2D eigenvalue weighted by Gasteiger charge is -1.99. The minimum atomic E-state index is 0.0113. The Morgan fingerprint density at radius 2 is 1.27 bits per heavy atom. The molecule has 0 aromatic rings. The number of hydrogen-bond donors (Lipinski definition) is 1. The second kappa shape index (κ2) is 13.5. The summed E-state index contributed by atoms with van der Waals surface area (Å²) in [6.07, 6.45) is 13.2. The highest BCUT2D eigenvalue weighted by atomic mass is 16.2. The van der Waals surface area contributed by atoms with E-state index in [1.165, 1.54) is 57.8 Å². The first-order valence-corrected chi connectivity index (χ1v) is 6.48. The zero-order chi connectivity index (χ0) is 11.2. The van der Waals surface area contributed by atoms with Gasteiger partial charge in [-0.15, -0.1) is 5.92 Å². The Bertz CT molecular complexity index is 164. The van der Waals surface area contributed by atoms with Crippen LogP contribution in [-0.2, 0) is 0 Å². The summed E-state index contributed by atoms with van der Waals surface area (Å²) >= 11 is 0. The Balaban J connectivity index is 2.92.